The largest absolute Gasteiger partial charge is 0.389 e. The fourth-order valence-corrected chi connectivity index (χ4v) is 3.71. The van der Waals surface area contributed by atoms with E-state index in [4.69, 9.17) is 0 Å². The van der Waals surface area contributed by atoms with E-state index in [0.29, 0.717) is 5.92 Å². The molecule has 2 aliphatic carbocycles. The second kappa shape index (κ2) is 5.24. The topological polar surface area (TPSA) is 37.3 Å². The molecule has 0 aromatic heterocycles. The minimum Gasteiger partial charge on any atom is -0.389 e. The third kappa shape index (κ3) is 2.55. The maximum Gasteiger partial charge on any atom is 0.184 e. The Morgan fingerprint density at radius 1 is 1.53 bits per heavy atom. The quantitative estimate of drug-likeness (QED) is 0.769. The van der Waals surface area contributed by atoms with Crippen LogP contribution < -0.4 is 0 Å². The van der Waals surface area contributed by atoms with Gasteiger partial charge in [0.1, 0.15) is 0 Å². The van der Waals surface area contributed by atoms with Gasteiger partial charge in [0.25, 0.3) is 0 Å². The van der Waals surface area contributed by atoms with Crippen LogP contribution in [0.3, 0.4) is 0 Å². The second-order valence-electron chi connectivity index (χ2n) is 6.59. The van der Waals surface area contributed by atoms with Gasteiger partial charge in [-0.3, -0.25) is 4.79 Å². The molecule has 0 radical (unpaired) electrons. The molecule has 0 heterocycles. The Bertz CT molecular complexity index is 444. The van der Waals surface area contributed by atoms with Gasteiger partial charge in [-0.2, -0.15) is 0 Å². The van der Waals surface area contributed by atoms with Crippen LogP contribution in [0.1, 0.15) is 59.8 Å². The summed E-state index contributed by atoms with van der Waals surface area (Å²) in [7, 11) is 0. The third-order valence-electron chi connectivity index (χ3n) is 4.94. The summed E-state index contributed by atoms with van der Waals surface area (Å²) in [4.78, 5) is 12.5. The molecule has 1 unspecified atom stereocenters. The summed E-state index contributed by atoms with van der Waals surface area (Å²) < 4.78 is 0. The maximum atomic E-state index is 12.5. The van der Waals surface area contributed by atoms with Crippen molar-refractivity contribution in [3.05, 3.63) is 22.8 Å². The second-order valence-corrected chi connectivity index (χ2v) is 6.59. The molecule has 2 nitrogen and oxygen atoms in total. The van der Waals surface area contributed by atoms with Crippen LogP contribution in [-0.2, 0) is 4.79 Å². The normalized spacial score (nSPS) is 35.5. The molecule has 1 N–H and O–H groups in total. The Labute approximate surface area is 116 Å². The maximum absolute atomic E-state index is 12.5. The first-order valence-corrected chi connectivity index (χ1v) is 7.53. The molecule has 0 spiro atoms. The van der Waals surface area contributed by atoms with Crippen LogP contribution in [0.25, 0.3) is 0 Å². The van der Waals surface area contributed by atoms with E-state index in [1.54, 1.807) is 0 Å². The Hall–Kier alpha value is -0.890. The van der Waals surface area contributed by atoms with Crippen molar-refractivity contribution in [1.29, 1.82) is 0 Å². The van der Waals surface area contributed by atoms with Crippen molar-refractivity contribution in [2.75, 3.05) is 0 Å². The number of hydrogen-bond donors (Lipinski definition) is 1. The first kappa shape index (κ1) is 14.5. The van der Waals surface area contributed by atoms with E-state index in [0.717, 1.165) is 48.8 Å². The summed E-state index contributed by atoms with van der Waals surface area (Å²) in [5.74, 6) is 0.610. The van der Waals surface area contributed by atoms with Crippen LogP contribution in [0.2, 0.25) is 0 Å². The molecule has 0 amide bonds. The van der Waals surface area contributed by atoms with Crippen molar-refractivity contribution in [1.82, 2.24) is 0 Å². The number of carbonyl (C=O) groups is 1. The van der Waals surface area contributed by atoms with Crippen LogP contribution in [0, 0.1) is 11.3 Å². The van der Waals surface area contributed by atoms with Crippen LogP contribution in [0.5, 0.6) is 0 Å². The standard InChI is InChI=1S/C17H26O2/c1-5-11(2)9-13-10-17(4)8-6-7-14(18)15(17)12(3)16(13)19/h9,11,14,18H,5-8,10H2,1-4H3/t11?,14-,17-/m0/s1. The number of hydrogen-bond acceptors (Lipinski definition) is 2. The van der Waals surface area contributed by atoms with Crippen molar-refractivity contribution in [2.24, 2.45) is 11.3 Å². The molecule has 19 heavy (non-hydrogen) atoms. The number of rotatable bonds is 2. The number of ketones is 1. The summed E-state index contributed by atoms with van der Waals surface area (Å²) in [5, 5.41) is 10.2. The first-order valence-electron chi connectivity index (χ1n) is 7.53. The highest BCUT2D eigenvalue weighted by Crippen LogP contribution is 2.50. The molecule has 0 aromatic rings. The molecule has 0 saturated heterocycles. The average Bonchev–Trinajstić information content (AvgIpc) is 2.35. The molecular weight excluding hydrogens is 236 g/mol. The number of aliphatic hydroxyl groups is 1. The molecule has 0 aliphatic heterocycles. The smallest absolute Gasteiger partial charge is 0.184 e. The summed E-state index contributed by atoms with van der Waals surface area (Å²) in [5.41, 5.74) is 2.78. The zero-order valence-electron chi connectivity index (χ0n) is 12.6. The SMILES string of the molecule is CCC(C)C=C1C[C@]2(C)CCC[C@H](O)C2=C(C)C1=O. The van der Waals surface area contributed by atoms with E-state index in [-0.39, 0.29) is 11.2 Å². The summed E-state index contributed by atoms with van der Waals surface area (Å²) in [6, 6.07) is 0. The van der Waals surface area contributed by atoms with Gasteiger partial charge < -0.3 is 5.11 Å². The zero-order chi connectivity index (χ0) is 14.2. The zero-order valence-corrected chi connectivity index (χ0v) is 12.6. The fraction of sp³-hybridized carbons (Fsp3) is 0.706. The van der Waals surface area contributed by atoms with E-state index < -0.39 is 6.10 Å². The lowest BCUT2D eigenvalue weighted by Crippen LogP contribution is -2.38. The molecule has 1 fully saturated rings. The van der Waals surface area contributed by atoms with Gasteiger partial charge in [-0.15, -0.1) is 0 Å². The Kier molecular flexibility index (Phi) is 4.00. The average molecular weight is 262 g/mol. The highest BCUT2D eigenvalue weighted by molar-refractivity contribution is 6.09. The van der Waals surface area contributed by atoms with E-state index in [2.05, 4.69) is 26.8 Å². The van der Waals surface area contributed by atoms with Crippen LogP contribution >= 0.6 is 0 Å². The molecule has 2 heteroatoms. The first-order chi connectivity index (χ1) is 8.89. The Balaban J connectivity index is 2.44. The van der Waals surface area contributed by atoms with Gasteiger partial charge in [0.15, 0.2) is 5.78 Å². The molecular formula is C17H26O2. The fourth-order valence-electron chi connectivity index (χ4n) is 3.71. The van der Waals surface area contributed by atoms with Gasteiger partial charge >= 0.3 is 0 Å². The predicted molar refractivity (Wildman–Crippen MR) is 77.8 cm³/mol. The third-order valence-corrected chi connectivity index (χ3v) is 4.94. The molecule has 3 atom stereocenters. The number of aliphatic hydroxyl groups excluding tert-OH is 1. The van der Waals surface area contributed by atoms with Crippen LogP contribution in [-0.4, -0.2) is 17.0 Å². The van der Waals surface area contributed by atoms with E-state index in [1.165, 1.54) is 0 Å². The van der Waals surface area contributed by atoms with Gasteiger partial charge in [0.05, 0.1) is 6.10 Å². The van der Waals surface area contributed by atoms with Crippen LogP contribution in [0.15, 0.2) is 22.8 Å². The van der Waals surface area contributed by atoms with E-state index in [1.807, 2.05) is 6.92 Å². The lowest BCUT2D eigenvalue weighted by Gasteiger charge is -2.44. The van der Waals surface area contributed by atoms with Gasteiger partial charge in [0.2, 0.25) is 0 Å². The summed E-state index contributed by atoms with van der Waals surface area (Å²) in [6.07, 6.45) is 6.55. The van der Waals surface area contributed by atoms with Gasteiger partial charge in [-0.25, -0.2) is 0 Å². The molecule has 1 saturated carbocycles. The lowest BCUT2D eigenvalue weighted by molar-refractivity contribution is -0.113. The Morgan fingerprint density at radius 2 is 2.21 bits per heavy atom. The molecule has 0 aromatic carbocycles. The van der Waals surface area contributed by atoms with Crippen LogP contribution in [0.4, 0.5) is 0 Å². The van der Waals surface area contributed by atoms with Crippen molar-refractivity contribution in [3.63, 3.8) is 0 Å². The number of Topliss-reactive ketones (excluding diaryl/α,β-unsaturated/α-hetero) is 1. The van der Waals surface area contributed by atoms with Crippen molar-refractivity contribution < 1.29 is 9.90 Å². The predicted octanol–water partition coefficient (Wildman–Crippen LogP) is 3.80. The van der Waals surface area contributed by atoms with Crippen molar-refractivity contribution in [3.8, 4) is 0 Å². The van der Waals surface area contributed by atoms with Gasteiger partial charge in [-0.05, 0) is 60.7 Å². The minimum absolute atomic E-state index is 0.00501. The number of allylic oxidation sites excluding steroid dienone is 3. The Morgan fingerprint density at radius 3 is 2.84 bits per heavy atom. The molecule has 106 valence electrons. The van der Waals surface area contributed by atoms with E-state index >= 15 is 0 Å². The van der Waals surface area contributed by atoms with Crippen molar-refractivity contribution in [2.45, 2.75) is 65.9 Å². The molecule has 2 aliphatic rings. The lowest BCUT2D eigenvalue weighted by atomic mass is 9.61. The molecule has 2 rings (SSSR count). The van der Waals surface area contributed by atoms with Gasteiger partial charge in [0, 0.05) is 0 Å². The number of fused-ring (bicyclic) bond motifs is 1. The summed E-state index contributed by atoms with van der Waals surface area (Å²) in [6.45, 7) is 8.42. The highest BCUT2D eigenvalue weighted by Gasteiger charge is 2.43. The monoisotopic (exact) mass is 262 g/mol. The van der Waals surface area contributed by atoms with E-state index in [9.17, 15) is 9.90 Å². The highest BCUT2D eigenvalue weighted by atomic mass is 16.3. The number of carbonyl (C=O) groups excluding carboxylic acids is 1. The van der Waals surface area contributed by atoms with Crippen molar-refractivity contribution >= 4 is 5.78 Å². The minimum atomic E-state index is -0.409. The summed E-state index contributed by atoms with van der Waals surface area (Å²) >= 11 is 0. The molecule has 0 bridgehead atoms. The van der Waals surface area contributed by atoms with Gasteiger partial charge in [-0.1, -0.05) is 33.3 Å².